The molecular weight excluding hydrogens is 269 g/mol. The van der Waals surface area contributed by atoms with Gasteiger partial charge in [0.15, 0.2) is 0 Å². The molecule has 1 aromatic heterocycles. The first-order valence-corrected chi connectivity index (χ1v) is 6.86. The van der Waals surface area contributed by atoms with E-state index in [2.05, 4.69) is 10.3 Å². The number of anilines is 1. The van der Waals surface area contributed by atoms with E-state index in [-0.39, 0.29) is 5.82 Å². The van der Waals surface area contributed by atoms with Gasteiger partial charge >= 0.3 is 0 Å². The Morgan fingerprint density at radius 2 is 2.10 bits per heavy atom. The SMILES string of the molecule is CCNC(c1c(F)cccc1OC)c1c(C)ccnc1N. The molecule has 112 valence electrons. The Balaban J connectivity index is 2.65. The molecule has 1 heterocycles. The highest BCUT2D eigenvalue weighted by atomic mass is 19.1. The minimum absolute atomic E-state index is 0.331. The van der Waals surface area contributed by atoms with Gasteiger partial charge in [-0.25, -0.2) is 9.37 Å². The van der Waals surface area contributed by atoms with Gasteiger partial charge in [0, 0.05) is 11.8 Å². The van der Waals surface area contributed by atoms with Crippen molar-refractivity contribution in [3.05, 3.63) is 53.0 Å². The summed E-state index contributed by atoms with van der Waals surface area (Å²) >= 11 is 0. The molecule has 1 aromatic carbocycles. The summed E-state index contributed by atoms with van der Waals surface area (Å²) in [5.74, 6) is 0.554. The topological polar surface area (TPSA) is 60.2 Å². The van der Waals surface area contributed by atoms with Crippen LogP contribution in [0, 0.1) is 12.7 Å². The number of rotatable bonds is 5. The average Bonchev–Trinajstić information content (AvgIpc) is 2.46. The lowest BCUT2D eigenvalue weighted by atomic mass is 9.94. The lowest BCUT2D eigenvalue weighted by Crippen LogP contribution is -2.25. The molecule has 0 aliphatic heterocycles. The highest BCUT2D eigenvalue weighted by Gasteiger charge is 2.25. The zero-order valence-electron chi connectivity index (χ0n) is 12.5. The van der Waals surface area contributed by atoms with Gasteiger partial charge < -0.3 is 15.8 Å². The number of hydrogen-bond acceptors (Lipinski definition) is 4. The second kappa shape index (κ2) is 6.54. The maximum atomic E-state index is 14.4. The fourth-order valence-electron chi connectivity index (χ4n) is 2.49. The highest BCUT2D eigenvalue weighted by molar-refractivity contribution is 5.52. The standard InChI is InChI=1S/C16H20FN3O/c1-4-19-15(13-10(2)8-9-20-16(13)18)14-11(17)6-5-7-12(14)21-3/h5-9,15,19H,4H2,1-3H3,(H2,18,20). The van der Waals surface area contributed by atoms with Gasteiger partial charge in [-0.15, -0.1) is 0 Å². The van der Waals surface area contributed by atoms with Crippen LogP contribution in [0.4, 0.5) is 10.2 Å². The molecule has 0 saturated carbocycles. The van der Waals surface area contributed by atoms with Crippen LogP contribution >= 0.6 is 0 Å². The van der Waals surface area contributed by atoms with Gasteiger partial charge in [0.25, 0.3) is 0 Å². The number of methoxy groups -OCH3 is 1. The molecule has 4 nitrogen and oxygen atoms in total. The molecule has 1 unspecified atom stereocenters. The van der Waals surface area contributed by atoms with Crippen LogP contribution in [0.3, 0.4) is 0 Å². The fraction of sp³-hybridized carbons (Fsp3) is 0.312. The van der Waals surface area contributed by atoms with Crippen LogP contribution in [0.2, 0.25) is 0 Å². The van der Waals surface area contributed by atoms with Crippen molar-refractivity contribution in [1.29, 1.82) is 0 Å². The smallest absolute Gasteiger partial charge is 0.132 e. The van der Waals surface area contributed by atoms with Crippen LogP contribution < -0.4 is 15.8 Å². The molecule has 0 bridgehead atoms. The summed E-state index contributed by atoms with van der Waals surface area (Å²) in [4.78, 5) is 4.13. The van der Waals surface area contributed by atoms with Crippen LogP contribution in [-0.4, -0.2) is 18.6 Å². The molecule has 0 amide bonds. The van der Waals surface area contributed by atoms with Crippen molar-refractivity contribution in [3.63, 3.8) is 0 Å². The third kappa shape index (κ3) is 2.97. The number of hydrogen-bond donors (Lipinski definition) is 2. The Morgan fingerprint density at radius 3 is 2.71 bits per heavy atom. The molecular formula is C16H20FN3O. The maximum absolute atomic E-state index is 14.4. The van der Waals surface area contributed by atoms with Gasteiger partial charge in [0.1, 0.15) is 17.4 Å². The summed E-state index contributed by atoms with van der Waals surface area (Å²) in [7, 11) is 1.53. The molecule has 3 N–H and O–H groups in total. The molecule has 2 rings (SSSR count). The first kappa shape index (κ1) is 15.3. The third-order valence-corrected chi connectivity index (χ3v) is 3.46. The van der Waals surface area contributed by atoms with Crippen LogP contribution in [0.25, 0.3) is 0 Å². The summed E-state index contributed by atoms with van der Waals surface area (Å²) in [6, 6.07) is 6.25. The van der Waals surface area contributed by atoms with E-state index in [1.54, 1.807) is 18.3 Å². The van der Waals surface area contributed by atoms with E-state index in [0.717, 1.165) is 11.1 Å². The fourth-order valence-corrected chi connectivity index (χ4v) is 2.49. The molecule has 0 fully saturated rings. The Morgan fingerprint density at radius 1 is 1.33 bits per heavy atom. The van der Waals surface area contributed by atoms with Crippen LogP contribution in [0.15, 0.2) is 30.5 Å². The Bertz CT molecular complexity index is 611. The molecule has 0 spiro atoms. The highest BCUT2D eigenvalue weighted by Crippen LogP contribution is 2.35. The van der Waals surface area contributed by atoms with Crippen molar-refractivity contribution in [2.24, 2.45) is 0 Å². The molecule has 0 radical (unpaired) electrons. The number of aromatic nitrogens is 1. The molecule has 1 atom stereocenters. The molecule has 2 aromatic rings. The Labute approximate surface area is 124 Å². The van der Waals surface area contributed by atoms with E-state index in [9.17, 15) is 4.39 Å². The number of nitrogens with zero attached hydrogens (tertiary/aromatic N) is 1. The zero-order chi connectivity index (χ0) is 15.4. The van der Waals surface area contributed by atoms with E-state index in [0.29, 0.717) is 23.7 Å². The third-order valence-electron chi connectivity index (χ3n) is 3.46. The second-order valence-electron chi connectivity index (χ2n) is 4.77. The molecule has 0 aliphatic rings. The van der Waals surface area contributed by atoms with Crippen LogP contribution in [0.5, 0.6) is 5.75 Å². The molecule has 21 heavy (non-hydrogen) atoms. The Hall–Kier alpha value is -2.14. The van der Waals surface area contributed by atoms with E-state index >= 15 is 0 Å². The van der Waals surface area contributed by atoms with Crippen LogP contribution in [-0.2, 0) is 0 Å². The van der Waals surface area contributed by atoms with E-state index in [4.69, 9.17) is 10.5 Å². The van der Waals surface area contributed by atoms with Crippen molar-refractivity contribution < 1.29 is 9.13 Å². The van der Waals surface area contributed by atoms with Gasteiger partial charge in [-0.2, -0.15) is 0 Å². The maximum Gasteiger partial charge on any atom is 0.132 e. The number of pyridine rings is 1. The molecule has 0 aliphatic carbocycles. The van der Waals surface area contributed by atoms with Gasteiger partial charge in [0.05, 0.1) is 18.7 Å². The number of halogens is 1. The lowest BCUT2D eigenvalue weighted by Gasteiger charge is -2.24. The van der Waals surface area contributed by atoms with Gasteiger partial charge in [-0.1, -0.05) is 13.0 Å². The minimum atomic E-state index is -0.403. The number of nitrogens with one attached hydrogen (secondary N) is 1. The van der Waals surface area contributed by atoms with Crippen molar-refractivity contribution in [3.8, 4) is 5.75 Å². The van der Waals surface area contributed by atoms with Crippen molar-refractivity contribution in [1.82, 2.24) is 10.3 Å². The average molecular weight is 289 g/mol. The summed E-state index contributed by atoms with van der Waals surface area (Å²) in [5, 5.41) is 3.27. The Kier molecular flexibility index (Phi) is 4.75. The zero-order valence-corrected chi connectivity index (χ0v) is 12.5. The largest absolute Gasteiger partial charge is 0.496 e. The first-order chi connectivity index (χ1) is 10.1. The minimum Gasteiger partial charge on any atom is -0.496 e. The van der Waals surface area contributed by atoms with Gasteiger partial charge in [-0.3, -0.25) is 0 Å². The predicted octanol–water partition coefficient (Wildman–Crippen LogP) is 2.82. The summed E-state index contributed by atoms with van der Waals surface area (Å²) < 4.78 is 19.7. The van der Waals surface area contributed by atoms with Gasteiger partial charge in [-0.05, 0) is 37.2 Å². The van der Waals surface area contributed by atoms with E-state index < -0.39 is 6.04 Å². The quantitative estimate of drug-likeness (QED) is 0.888. The molecule has 0 saturated heterocycles. The monoisotopic (exact) mass is 289 g/mol. The second-order valence-corrected chi connectivity index (χ2v) is 4.77. The predicted molar refractivity (Wildman–Crippen MR) is 81.9 cm³/mol. The summed E-state index contributed by atoms with van der Waals surface area (Å²) in [6.07, 6.45) is 1.65. The number of ether oxygens (including phenoxy) is 1. The lowest BCUT2D eigenvalue weighted by molar-refractivity contribution is 0.397. The van der Waals surface area contributed by atoms with Crippen molar-refractivity contribution >= 4 is 5.82 Å². The van der Waals surface area contributed by atoms with Crippen LogP contribution in [0.1, 0.15) is 29.7 Å². The summed E-state index contributed by atoms with van der Waals surface area (Å²) in [6.45, 7) is 4.56. The molecule has 5 heteroatoms. The van der Waals surface area contributed by atoms with Gasteiger partial charge in [0.2, 0.25) is 0 Å². The van der Waals surface area contributed by atoms with E-state index in [1.807, 2.05) is 19.9 Å². The number of benzene rings is 1. The van der Waals surface area contributed by atoms with Crippen molar-refractivity contribution in [2.45, 2.75) is 19.9 Å². The summed E-state index contributed by atoms with van der Waals surface area (Å²) in [5.41, 5.74) is 8.20. The van der Waals surface area contributed by atoms with Crippen molar-refractivity contribution in [2.75, 3.05) is 19.4 Å². The first-order valence-electron chi connectivity index (χ1n) is 6.86. The number of aryl methyl sites for hydroxylation is 1. The normalized spacial score (nSPS) is 12.2. The number of nitrogen functional groups attached to an aromatic ring is 1. The number of nitrogens with two attached hydrogens (primary N) is 1. The van der Waals surface area contributed by atoms with E-state index in [1.165, 1.54) is 13.2 Å².